The number of ether oxygens (including phenoxy) is 1. The fourth-order valence-corrected chi connectivity index (χ4v) is 4.56. The van der Waals surface area contributed by atoms with Gasteiger partial charge in [-0.05, 0) is 50.3 Å². The molecular formula is C25H18BrClFNO2. The zero-order valence-electron chi connectivity index (χ0n) is 16.4. The van der Waals surface area contributed by atoms with Gasteiger partial charge in [-0.3, -0.25) is 0 Å². The van der Waals surface area contributed by atoms with Crippen LogP contribution < -0.4 is 5.32 Å². The van der Waals surface area contributed by atoms with E-state index in [2.05, 4.69) is 57.4 Å². The number of amides is 1. The summed E-state index contributed by atoms with van der Waals surface area (Å²) in [5, 5.41) is 2.99. The lowest BCUT2D eigenvalue weighted by Gasteiger charge is -2.14. The first-order valence-electron chi connectivity index (χ1n) is 9.77. The highest BCUT2D eigenvalue weighted by Crippen LogP contribution is 2.44. The van der Waals surface area contributed by atoms with Crippen LogP contribution in [0.1, 0.15) is 29.0 Å². The first kappa shape index (κ1) is 21.4. The second kappa shape index (κ2) is 9.55. The molecular weight excluding hydrogens is 481 g/mol. The molecule has 0 radical (unpaired) electrons. The van der Waals surface area contributed by atoms with Crippen LogP contribution in [0.3, 0.4) is 0 Å². The molecule has 0 unspecified atom stereocenters. The van der Waals surface area contributed by atoms with Crippen molar-refractivity contribution in [2.24, 2.45) is 0 Å². The molecule has 1 aliphatic rings. The smallest absolute Gasteiger partial charge is 0.407 e. The molecule has 0 saturated heterocycles. The van der Waals surface area contributed by atoms with Gasteiger partial charge in [0.05, 0.1) is 5.56 Å². The highest BCUT2D eigenvalue weighted by molar-refractivity contribution is 9.10. The van der Waals surface area contributed by atoms with Gasteiger partial charge >= 0.3 is 6.09 Å². The zero-order chi connectivity index (χ0) is 21.8. The lowest BCUT2D eigenvalue weighted by molar-refractivity contribution is 0.143. The lowest BCUT2D eigenvalue weighted by atomic mass is 9.98. The van der Waals surface area contributed by atoms with E-state index in [1.165, 1.54) is 17.2 Å². The van der Waals surface area contributed by atoms with Gasteiger partial charge in [0.1, 0.15) is 12.4 Å². The number of benzene rings is 3. The fourth-order valence-electron chi connectivity index (χ4n) is 3.69. The summed E-state index contributed by atoms with van der Waals surface area (Å²) in [6.07, 6.45) is -0.138. The number of halogens is 3. The summed E-state index contributed by atoms with van der Waals surface area (Å²) in [6.45, 7) is 0.560. The number of hydrogen-bond donors (Lipinski definition) is 1. The van der Waals surface area contributed by atoms with E-state index in [4.69, 9.17) is 16.3 Å². The molecule has 0 heterocycles. The van der Waals surface area contributed by atoms with Gasteiger partial charge in [-0.1, -0.05) is 72.0 Å². The predicted molar refractivity (Wildman–Crippen MR) is 124 cm³/mol. The Kier molecular flexibility index (Phi) is 6.60. The van der Waals surface area contributed by atoms with Gasteiger partial charge < -0.3 is 10.1 Å². The van der Waals surface area contributed by atoms with Crippen molar-refractivity contribution in [3.63, 3.8) is 0 Å². The van der Waals surface area contributed by atoms with E-state index < -0.39 is 11.9 Å². The van der Waals surface area contributed by atoms with Crippen molar-refractivity contribution in [1.29, 1.82) is 0 Å². The van der Waals surface area contributed by atoms with Crippen LogP contribution in [0.2, 0.25) is 5.02 Å². The summed E-state index contributed by atoms with van der Waals surface area (Å²) < 4.78 is 19.9. The summed E-state index contributed by atoms with van der Waals surface area (Å²) >= 11 is 9.04. The molecule has 0 aliphatic heterocycles. The molecule has 31 heavy (non-hydrogen) atoms. The molecule has 6 heteroatoms. The zero-order valence-corrected chi connectivity index (χ0v) is 18.8. The minimum atomic E-state index is -0.498. The Morgan fingerprint density at radius 3 is 2.39 bits per heavy atom. The molecule has 3 aromatic carbocycles. The standard InChI is InChI=1S/C25H18BrClFNO2/c26-23-13-16(27)14-24(28)21(23)11-5-6-12-29-25(30)31-15-22-19-9-3-1-7-17(19)18-8-2-4-10-20(18)22/h1-4,7-10,13-14,22H,6,12,15H2,(H,29,30). The van der Waals surface area contributed by atoms with Crippen molar-refractivity contribution in [3.8, 4) is 23.0 Å². The average molecular weight is 499 g/mol. The van der Waals surface area contributed by atoms with Crippen molar-refractivity contribution < 1.29 is 13.9 Å². The number of carbonyl (C=O) groups is 1. The van der Waals surface area contributed by atoms with Crippen molar-refractivity contribution >= 4 is 33.6 Å². The fraction of sp³-hybridized carbons (Fsp3) is 0.160. The van der Waals surface area contributed by atoms with E-state index >= 15 is 0 Å². The van der Waals surface area contributed by atoms with Crippen LogP contribution in [0.15, 0.2) is 65.1 Å². The maximum absolute atomic E-state index is 13.9. The highest BCUT2D eigenvalue weighted by Gasteiger charge is 2.28. The predicted octanol–water partition coefficient (Wildman–Crippen LogP) is 6.52. The third-order valence-corrected chi connectivity index (χ3v) is 5.93. The Hall–Kier alpha value is -2.81. The van der Waals surface area contributed by atoms with Crippen molar-refractivity contribution in [1.82, 2.24) is 5.32 Å². The van der Waals surface area contributed by atoms with Crippen LogP contribution in [0.4, 0.5) is 9.18 Å². The number of fused-ring (bicyclic) bond motifs is 3. The number of carbonyl (C=O) groups excluding carboxylic acids is 1. The van der Waals surface area contributed by atoms with E-state index in [1.807, 2.05) is 24.3 Å². The normalized spacial score (nSPS) is 11.8. The van der Waals surface area contributed by atoms with Crippen LogP contribution in [0.25, 0.3) is 11.1 Å². The maximum atomic E-state index is 13.9. The Morgan fingerprint density at radius 2 is 1.74 bits per heavy atom. The Morgan fingerprint density at radius 1 is 1.10 bits per heavy atom. The van der Waals surface area contributed by atoms with Crippen molar-refractivity contribution in [2.75, 3.05) is 13.2 Å². The molecule has 1 N–H and O–H groups in total. The van der Waals surface area contributed by atoms with Gasteiger partial charge in [0.15, 0.2) is 0 Å². The van der Waals surface area contributed by atoms with Gasteiger partial charge in [0.25, 0.3) is 0 Å². The molecule has 156 valence electrons. The third-order valence-electron chi connectivity index (χ3n) is 5.08. The van der Waals surface area contributed by atoms with E-state index in [0.29, 0.717) is 22.5 Å². The second-order valence-corrected chi connectivity index (χ2v) is 8.34. The first-order chi connectivity index (χ1) is 15.0. The molecule has 4 rings (SSSR count). The SMILES string of the molecule is O=C(NCCC#Cc1c(F)cc(Cl)cc1Br)OCC1c2ccccc2-c2ccccc21. The van der Waals surface area contributed by atoms with Gasteiger partial charge in [-0.15, -0.1) is 0 Å². The number of nitrogens with one attached hydrogen (secondary N) is 1. The Labute approximate surface area is 193 Å². The third kappa shape index (κ3) is 4.76. The molecule has 3 nitrogen and oxygen atoms in total. The quantitative estimate of drug-likeness (QED) is 0.328. The molecule has 3 aromatic rings. The largest absolute Gasteiger partial charge is 0.449 e. The van der Waals surface area contributed by atoms with Crippen LogP contribution >= 0.6 is 27.5 Å². The van der Waals surface area contributed by atoms with Gasteiger partial charge in [0.2, 0.25) is 0 Å². The van der Waals surface area contributed by atoms with E-state index in [-0.39, 0.29) is 18.1 Å². The molecule has 0 fully saturated rings. The van der Waals surface area contributed by atoms with Crippen LogP contribution in [0.5, 0.6) is 0 Å². The minimum absolute atomic E-state index is 0.0168. The van der Waals surface area contributed by atoms with Gasteiger partial charge in [0, 0.05) is 28.4 Å². The molecule has 1 amide bonds. The monoisotopic (exact) mass is 497 g/mol. The lowest BCUT2D eigenvalue weighted by Crippen LogP contribution is -2.26. The molecule has 0 saturated carbocycles. The molecule has 0 atom stereocenters. The topological polar surface area (TPSA) is 38.3 Å². The highest BCUT2D eigenvalue weighted by atomic mass is 79.9. The Balaban J connectivity index is 1.30. The van der Waals surface area contributed by atoms with E-state index in [9.17, 15) is 9.18 Å². The Bertz CT molecular complexity index is 1130. The molecule has 0 spiro atoms. The molecule has 1 aliphatic carbocycles. The summed E-state index contributed by atoms with van der Waals surface area (Å²) in [4.78, 5) is 12.1. The summed E-state index contributed by atoms with van der Waals surface area (Å²) in [7, 11) is 0. The summed E-state index contributed by atoms with van der Waals surface area (Å²) in [6, 6.07) is 19.2. The average Bonchev–Trinajstić information content (AvgIpc) is 3.07. The minimum Gasteiger partial charge on any atom is -0.449 e. The number of rotatable bonds is 4. The van der Waals surface area contributed by atoms with Gasteiger partial charge in [-0.25, -0.2) is 9.18 Å². The maximum Gasteiger partial charge on any atom is 0.407 e. The van der Waals surface area contributed by atoms with E-state index in [0.717, 1.165) is 11.1 Å². The summed E-state index contributed by atoms with van der Waals surface area (Å²) in [5.41, 5.74) is 4.94. The van der Waals surface area contributed by atoms with Crippen molar-refractivity contribution in [3.05, 3.63) is 92.7 Å². The molecule has 0 aromatic heterocycles. The van der Waals surface area contributed by atoms with Gasteiger partial charge in [-0.2, -0.15) is 0 Å². The van der Waals surface area contributed by atoms with Crippen LogP contribution in [-0.2, 0) is 4.74 Å². The van der Waals surface area contributed by atoms with Crippen LogP contribution in [0, 0.1) is 17.7 Å². The summed E-state index contributed by atoms with van der Waals surface area (Å²) in [5.74, 6) is 5.13. The second-order valence-electron chi connectivity index (χ2n) is 7.05. The number of alkyl carbamates (subject to hydrolysis) is 1. The van der Waals surface area contributed by atoms with Crippen LogP contribution in [-0.4, -0.2) is 19.2 Å². The van der Waals surface area contributed by atoms with Crippen molar-refractivity contribution in [2.45, 2.75) is 12.3 Å². The van der Waals surface area contributed by atoms with E-state index in [1.54, 1.807) is 6.07 Å². The number of hydrogen-bond acceptors (Lipinski definition) is 2. The first-order valence-corrected chi connectivity index (χ1v) is 10.9. The molecule has 0 bridgehead atoms.